The van der Waals surface area contributed by atoms with E-state index in [9.17, 15) is 4.79 Å². The number of rotatable bonds is 8. The molecule has 0 amide bonds. The van der Waals surface area contributed by atoms with E-state index in [1.807, 2.05) is 32.0 Å². The van der Waals surface area contributed by atoms with Crippen molar-refractivity contribution < 1.29 is 19.0 Å². The Kier molecular flexibility index (Phi) is 5.86. The second kappa shape index (κ2) is 8.56. The number of hydrogen-bond acceptors (Lipinski definition) is 6. The van der Waals surface area contributed by atoms with Gasteiger partial charge in [-0.3, -0.25) is 4.79 Å². The average molecular weight is 411 g/mol. The van der Waals surface area contributed by atoms with Crippen LogP contribution < -0.4 is 25.3 Å². The first-order valence-electron chi connectivity index (χ1n) is 10.9. The summed E-state index contributed by atoms with van der Waals surface area (Å²) in [5.41, 5.74) is 9.27. The molecule has 160 valence electrons. The highest BCUT2D eigenvalue weighted by molar-refractivity contribution is 6.26. The summed E-state index contributed by atoms with van der Waals surface area (Å²) in [6, 6.07) is 7.71. The summed E-state index contributed by atoms with van der Waals surface area (Å²) < 4.78 is 18.1. The molecule has 1 fully saturated rings. The van der Waals surface area contributed by atoms with E-state index >= 15 is 0 Å². The van der Waals surface area contributed by atoms with Crippen LogP contribution in [0.15, 0.2) is 24.3 Å². The summed E-state index contributed by atoms with van der Waals surface area (Å²) >= 11 is 0. The van der Waals surface area contributed by atoms with Crippen LogP contribution in [0.4, 0.5) is 5.69 Å². The molecule has 2 aromatic carbocycles. The number of nitrogens with two attached hydrogens (primary N) is 1. The molecule has 2 atom stereocenters. The van der Waals surface area contributed by atoms with Gasteiger partial charge in [-0.2, -0.15) is 0 Å². The highest BCUT2D eigenvalue weighted by Gasteiger charge is 2.37. The van der Waals surface area contributed by atoms with Gasteiger partial charge in [-0.25, -0.2) is 0 Å². The van der Waals surface area contributed by atoms with Gasteiger partial charge in [0.15, 0.2) is 5.78 Å². The van der Waals surface area contributed by atoms with Crippen molar-refractivity contribution in [2.75, 3.05) is 25.5 Å². The highest BCUT2D eigenvalue weighted by atomic mass is 16.5. The molecule has 1 aliphatic heterocycles. The van der Waals surface area contributed by atoms with Crippen LogP contribution >= 0.6 is 0 Å². The molecule has 1 aliphatic carbocycles. The van der Waals surface area contributed by atoms with Crippen LogP contribution in [-0.4, -0.2) is 37.7 Å². The van der Waals surface area contributed by atoms with Crippen molar-refractivity contribution in [1.82, 2.24) is 5.32 Å². The molecule has 3 N–H and O–H groups in total. The minimum atomic E-state index is -0.113. The molecular weight excluding hydrogens is 380 g/mol. The summed E-state index contributed by atoms with van der Waals surface area (Å²) in [4.78, 5) is 13.3. The minimum Gasteiger partial charge on any atom is -0.493 e. The van der Waals surface area contributed by atoms with Crippen molar-refractivity contribution in [3.63, 3.8) is 0 Å². The van der Waals surface area contributed by atoms with Gasteiger partial charge in [0, 0.05) is 28.8 Å². The number of carbonyl (C=O) groups is 1. The van der Waals surface area contributed by atoms with Crippen molar-refractivity contribution in [1.29, 1.82) is 0 Å². The number of benzene rings is 2. The number of fused-ring (bicyclic) bond motifs is 3. The Bertz CT molecular complexity index is 951. The topological polar surface area (TPSA) is 82.8 Å². The fourth-order valence-corrected chi connectivity index (χ4v) is 4.34. The van der Waals surface area contributed by atoms with Crippen molar-refractivity contribution in [2.24, 2.45) is 0 Å². The van der Waals surface area contributed by atoms with E-state index < -0.39 is 0 Å². The third-order valence-electron chi connectivity index (χ3n) is 5.78. The normalized spacial score (nSPS) is 18.1. The molecule has 0 saturated carbocycles. The Morgan fingerprint density at radius 3 is 2.67 bits per heavy atom. The van der Waals surface area contributed by atoms with Crippen molar-refractivity contribution in [3.05, 3.63) is 35.4 Å². The zero-order chi connectivity index (χ0) is 21.3. The van der Waals surface area contributed by atoms with Crippen LogP contribution in [0.2, 0.25) is 0 Å². The Hall–Kier alpha value is -2.73. The first kappa shape index (κ1) is 20.5. The Balaban J connectivity index is 1.83. The van der Waals surface area contributed by atoms with Crippen LogP contribution in [0, 0.1) is 0 Å². The first-order chi connectivity index (χ1) is 14.6. The number of carbonyl (C=O) groups excluding carboxylic acids is 1. The van der Waals surface area contributed by atoms with E-state index in [-0.39, 0.29) is 11.9 Å². The molecule has 1 heterocycles. The number of ether oxygens (including phenoxy) is 3. The standard InChI is InChI=1S/C24H30N2O4/c1-4-12-29-18-13-19(28-5-2)23(25)22-21(18)20-15(24(22)27)8-6-10-17(20)30-14(3)16-9-7-11-26-16/h6,8,10,13-14,16,26H,4-5,7,9,11-12,25H2,1-3H3. The van der Waals surface area contributed by atoms with Crippen molar-refractivity contribution in [3.8, 4) is 28.4 Å². The maximum absolute atomic E-state index is 13.3. The smallest absolute Gasteiger partial charge is 0.196 e. The lowest BCUT2D eigenvalue weighted by atomic mass is 10.0. The lowest BCUT2D eigenvalue weighted by Gasteiger charge is -2.23. The lowest BCUT2D eigenvalue weighted by molar-refractivity contribution is 0.104. The van der Waals surface area contributed by atoms with Gasteiger partial charge in [0.25, 0.3) is 0 Å². The zero-order valence-electron chi connectivity index (χ0n) is 17.9. The molecule has 6 heteroatoms. The van der Waals surface area contributed by atoms with Gasteiger partial charge in [-0.1, -0.05) is 19.1 Å². The second-order valence-electron chi connectivity index (χ2n) is 7.85. The molecule has 0 spiro atoms. The molecule has 30 heavy (non-hydrogen) atoms. The van der Waals surface area contributed by atoms with Gasteiger partial charge >= 0.3 is 0 Å². The Morgan fingerprint density at radius 2 is 1.97 bits per heavy atom. The third kappa shape index (κ3) is 3.49. The zero-order valence-corrected chi connectivity index (χ0v) is 17.9. The Labute approximate surface area is 177 Å². The third-order valence-corrected chi connectivity index (χ3v) is 5.78. The molecule has 4 rings (SSSR count). The fraction of sp³-hybridized carbons (Fsp3) is 0.458. The van der Waals surface area contributed by atoms with E-state index in [1.165, 1.54) is 0 Å². The molecule has 2 unspecified atom stereocenters. The summed E-state index contributed by atoms with van der Waals surface area (Å²) in [5, 5.41) is 3.49. The molecular formula is C24H30N2O4. The Morgan fingerprint density at radius 1 is 1.13 bits per heavy atom. The lowest BCUT2D eigenvalue weighted by Crippen LogP contribution is -2.36. The van der Waals surface area contributed by atoms with E-state index in [1.54, 1.807) is 6.07 Å². The first-order valence-corrected chi connectivity index (χ1v) is 10.9. The van der Waals surface area contributed by atoms with Gasteiger partial charge in [0.05, 0.1) is 24.5 Å². The largest absolute Gasteiger partial charge is 0.493 e. The number of anilines is 1. The van der Waals surface area contributed by atoms with Crippen LogP contribution in [0.3, 0.4) is 0 Å². The van der Waals surface area contributed by atoms with Crippen molar-refractivity contribution in [2.45, 2.75) is 52.2 Å². The summed E-state index contributed by atoms with van der Waals surface area (Å²) in [6.07, 6.45) is 3.07. The van der Waals surface area contributed by atoms with Gasteiger partial charge in [-0.05, 0) is 45.7 Å². The van der Waals surface area contributed by atoms with Crippen molar-refractivity contribution >= 4 is 11.5 Å². The summed E-state index contributed by atoms with van der Waals surface area (Å²) in [6.45, 7) is 8.01. The van der Waals surface area contributed by atoms with Gasteiger partial charge in [0.2, 0.25) is 0 Å². The molecule has 6 nitrogen and oxygen atoms in total. The fourth-order valence-electron chi connectivity index (χ4n) is 4.34. The maximum Gasteiger partial charge on any atom is 0.196 e. The molecule has 2 aliphatic rings. The number of nitrogens with one attached hydrogen (secondary N) is 1. The highest BCUT2D eigenvalue weighted by Crippen LogP contribution is 2.52. The summed E-state index contributed by atoms with van der Waals surface area (Å²) in [7, 11) is 0. The quantitative estimate of drug-likeness (QED) is 0.542. The van der Waals surface area contributed by atoms with Crippen LogP contribution in [0.5, 0.6) is 17.2 Å². The van der Waals surface area contributed by atoms with E-state index in [0.717, 1.165) is 31.4 Å². The monoisotopic (exact) mass is 410 g/mol. The summed E-state index contributed by atoms with van der Waals surface area (Å²) in [5.74, 6) is 1.66. The molecule has 1 saturated heterocycles. The van der Waals surface area contributed by atoms with Gasteiger partial charge in [0.1, 0.15) is 23.4 Å². The minimum absolute atomic E-state index is 0.0155. The molecule has 0 bridgehead atoms. The van der Waals surface area contributed by atoms with E-state index in [2.05, 4.69) is 12.2 Å². The van der Waals surface area contributed by atoms with Gasteiger partial charge in [-0.15, -0.1) is 0 Å². The predicted molar refractivity (Wildman–Crippen MR) is 118 cm³/mol. The number of hydrogen-bond donors (Lipinski definition) is 2. The molecule has 2 aromatic rings. The second-order valence-corrected chi connectivity index (χ2v) is 7.85. The predicted octanol–water partition coefficient (Wildman–Crippen LogP) is 4.19. The maximum atomic E-state index is 13.3. The SMILES string of the molecule is CCCOc1cc(OCC)c(N)c2c1-c1c(OC(C)C3CCCN3)cccc1C2=O. The number of ketones is 1. The van der Waals surface area contributed by atoms with Crippen LogP contribution in [-0.2, 0) is 0 Å². The van der Waals surface area contributed by atoms with E-state index in [4.69, 9.17) is 19.9 Å². The van der Waals surface area contributed by atoms with Crippen LogP contribution in [0.25, 0.3) is 11.1 Å². The number of nitrogen functional groups attached to an aromatic ring is 1. The van der Waals surface area contributed by atoms with Crippen LogP contribution in [0.1, 0.15) is 56.0 Å². The average Bonchev–Trinajstić information content (AvgIpc) is 3.37. The molecule has 0 radical (unpaired) electrons. The van der Waals surface area contributed by atoms with Gasteiger partial charge < -0.3 is 25.3 Å². The van der Waals surface area contributed by atoms with E-state index in [0.29, 0.717) is 58.9 Å². The molecule has 0 aromatic heterocycles.